The van der Waals surface area contributed by atoms with Crippen LogP contribution in [0, 0.1) is 0 Å². The normalized spacial score (nSPS) is 14.7. The third kappa shape index (κ3) is 1.77. The van der Waals surface area contributed by atoms with Gasteiger partial charge < -0.3 is 21.1 Å². The molecule has 0 fully saturated rings. The van der Waals surface area contributed by atoms with Gasteiger partial charge in [-0.25, -0.2) is 4.79 Å². The molecule has 0 saturated carbocycles. The summed E-state index contributed by atoms with van der Waals surface area (Å²) in [6, 6.07) is 3.50. The van der Waals surface area contributed by atoms with E-state index in [2.05, 4.69) is 0 Å². The Labute approximate surface area is 80.4 Å². The Morgan fingerprint density at radius 2 is 1.71 bits per heavy atom. The van der Waals surface area contributed by atoms with Gasteiger partial charge in [0.1, 0.15) is 17.0 Å². The number of aliphatic carboxylic acids is 1. The summed E-state index contributed by atoms with van der Waals surface area (Å²) in [5.41, 5.74) is 4.01. The summed E-state index contributed by atoms with van der Waals surface area (Å²) in [4.78, 5) is 10.8. The highest BCUT2D eigenvalue weighted by Crippen LogP contribution is 2.27. The molecular weight excluding hydrogens is 186 g/mol. The van der Waals surface area contributed by atoms with Crippen LogP contribution in [0.1, 0.15) is 12.5 Å². The molecule has 0 aliphatic carbocycles. The molecule has 0 amide bonds. The highest BCUT2D eigenvalue weighted by molar-refractivity contribution is 5.80. The highest BCUT2D eigenvalue weighted by Gasteiger charge is 2.30. The van der Waals surface area contributed by atoms with Crippen LogP contribution in [0.3, 0.4) is 0 Å². The quantitative estimate of drug-likeness (QED) is 0.548. The minimum atomic E-state index is -1.63. The maximum absolute atomic E-state index is 10.8. The van der Waals surface area contributed by atoms with Gasteiger partial charge in [0.2, 0.25) is 0 Å². The third-order valence-electron chi connectivity index (χ3n) is 1.95. The number of phenols is 2. The zero-order valence-corrected chi connectivity index (χ0v) is 7.56. The van der Waals surface area contributed by atoms with Gasteiger partial charge in [-0.2, -0.15) is 0 Å². The molecular formula is C9H11NO4. The van der Waals surface area contributed by atoms with E-state index >= 15 is 0 Å². The predicted molar refractivity (Wildman–Crippen MR) is 48.9 cm³/mol. The molecule has 0 saturated heterocycles. The number of carboxylic acid groups (broad SMARTS) is 1. The maximum Gasteiger partial charge on any atom is 0.328 e. The van der Waals surface area contributed by atoms with Crippen LogP contribution in [0.15, 0.2) is 18.2 Å². The second-order valence-electron chi connectivity index (χ2n) is 3.25. The van der Waals surface area contributed by atoms with Crippen LogP contribution in [0.25, 0.3) is 0 Å². The maximum atomic E-state index is 10.8. The lowest BCUT2D eigenvalue weighted by Crippen LogP contribution is -2.41. The second-order valence-corrected chi connectivity index (χ2v) is 3.25. The Balaban J connectivity index is 3.25. The van der Waals surface area contributed by atoms with Gasteiger partial charge in [-0.05, 0) is 24.6 Å². The number of aromatic hydroxyl groups is 2. The van der Waals surface area contributed by atoms with E-state index in [-0.39, 0.29) is 17.1 Å². The molecule has 5 heteroatoms. The summed E-state index contributed by atoms with van der Waals surface area (Å²) in [5.74, 6) is -1.68. The zero-order chi connectivity index (χ0) is 10.9. The van der Waals surface area contributed by atoms with Crippen molar-refractivity contribution in [3.63, 3.8) is 0 Å². The van der Waals surface area contributed by atoms with Crippen LogP contribution in [0.2, 0.25) is 0 Å². The van der Waals surface area contributed by atoms with Gasteiger partial charge in [0.25, 0.3) is 0 Å². The lowest BCUT2D eigenvalue weighted by atomic mass is 9.93. The number of phenolic OH excluding ortho intramolecular Hbond substituents is 2. The van der Waals surface area contributed by atoms with Crippen LogP contribution >= 0.6 is 0 Å². The molecule has 1 aromatic rings. The SMILES string of the molecule is C[C@](N)(C(=O)O)c1cc(O)cc(O)c1. The number of carboxylic acids is 1. The Hall–Kier alpha value is -1.75. The van der Waals surface area contributed by atoms with Gasteiger partial charge in [-0.15, -0.1) is 0 Å². The zero-order valence-electron chi connectivity index (χ0n) is 7.56. The van der Waals surface area contributed by atoms with Crippen molar-refractivity contribution in [2.75, 3.05) is 0 Å². The largest absolute Gasteiger partial charge is 0.508 e. The number of carbonyl (C=O) groups is 1. The molecule has 1 rings (SSSR count). The van der Waals surface area contributed by atoms with E-state index in [9.17, 15) is 4.79 Å². The standard InChI is InChI=1S/C9H11NO4/c1-9(10,8(13)14)5-2-6(11)4-7(12)3-5/h2-4,11-12H,10H2,1H3,(H,13,14)/t9-/m1/s1. The molecule has 0 spiro atoms. The van der Waals surface area contributed by atoms with Crippen molar-refractivity contribution in [3.05, 3.63) is 23.8 Å². The fourth-order valence-electron chi connectivity index (χ4n) is 1.02. The van der Waals surface area contributed by atoms with Gasteiger partial charge in [-0.1, -0.05) is 0 Å². The molecule has 0 heterocycles. The molecule has 0 aliphatic heterocycles. The van der Waals surface area contributed by atoms with Gasteiger partial charge in [0.15, 0.2) is 0 Å². The van der Waals surface area contributed by atoms with Crippen LogP contribution in [-0.2, 0) is 10.3 Å². The first-order valence-electron chi connectivity index (χ1n) is 3.90. The van der Waals surface area contributed by atoms with Gasteiger partial charge >= 0.3 is 5.97 Å². The lowest BCUT2D eigenvalue weighted by molar-refractivity contribution is -0.143. The van der Waals surface area contributed by atoms with Crippen molar-refractivity contribution in [2.45, 2.75) is 12.5 Å². The monoisotopic (exact) mass is 197 g/mol. The van der Waals surface area contributed by atoms with E-state index in [1.807, 2.05) is 0 Å². The predicted octanol–water partition coefficient (Wildman–Crippen LogP) is 0.356. The number of hydrogen-bond donors (Lipinski definition) is 4. The summed E-state index contributed by atoms with van der Waals surface area (Å²) in [6.45, 7) is 1.28. The summed E-state index contributed by atoms with van der Waals surface area (Å²) >= 11 is 0. The van der Waals surface area contributed by atoms with E-state index in [1.54, 1.807) is 0 Å². The first-order chi connectivity index (χ1) is 6.34. The van der Waals surface area contributed by atoms with Crippen LogP contribution in [0.4, 0.5) is 0 Å². The van der Waals surface area contributed by atoms with E-state index in [0.717, 1.165) is 6.07 Å². The average molecular weight is 197 g/mol. The molecule has 0 radical (unpaired) electrons. The Morgan fingerprint density at radius 3 is 2.07 bits per heavy atom. The van der Waals surface area contributed by atoms with E-state index in [0.29, 0.717) is 0 Å². The van der Waals surface area contributed by atoms with Crippen molar-refractivity contribution in [1.29, 1.82) is 0 Å². The fourth-order valence-corrected chi connectivity index (χ4v) is 1.02. The van der Waals surface area contributed by atoms with Crippen molar-refractivity contribution < 1.29 is 20.1 Å². The number of rotatable bonds is 2. The Morgan fingerprint density at radius 1 is 1.29 bits per heavy atom. The minimum Gasteiger partial charge on any atom is -0.508 e. The summed E-state index contributed by atoms with van der Waals surface area (Å²) in [5, 5.41) is 27.0. The molecule has 1 aromatic carbocycles. The van der Waals surface area contributed by atoms with Crippen molar-refractivity contribution in [1.82, 2.24) is 0 Å². The Kier molecular flexibility index (Phi) is 2.35. The molecule has 5 nitrogen and oxygen atoms in total. The number of hydrogen-bond acceptors (Lipinski definition) is 4. The van der Waals surface area contributed by atoms with Gasteiger partial charge in [0.05, 0.1) is 0 Å². The van der Waals surface area contributed by atoms with E-state index in [1.165, 1.54) is 19.1 Å². The highest BCUT2D eigenvalue weighted by atomic mass is 16.4. The van der Waals surface area contributed by atoms with Crippen molar-refractivity contribution in [2.24, 2.45) is 5.73 Å². The topological polar surface area (TPSA) is 104 Å². The smallest absolute Gasteiger partial charge is 0.328 e. The van der Waals surface area contributed by atoms with Gasteiger partial charge in [-0.3, -0.25) is 0 Å². The second kappa shape index (κ2) is 3.19. The molecule has 0 aliphatic rings. The van der Waals surface area contributed by atoms with E-state index < -0.39 is 11.5 Å². The molecule has 76 valence electrons. The van der Waals surface area contributed by atoms with Crippen molar-refractivity contribution in [3.8, 4) is 11.5 Å². The number of nitrogens with two attached hydrogens (primary N) is 1. The first kappa shape index (κ1) is 10.3. The molecule has 1 atom stereocenters. The lowest BCUT2D eigenvalue weighted by Gasteiger charge is -2.19. The summed E-state index contributed by atoms with van der Waals surface area (Å²) in [6.07, 6.45) is 0. The van der Waals surface area contributed by atoms with Gasteiger partial charge in [0, 0.05) is 6.07 Å². The van der Waals surface area contributed by atoms with Crippen molar-refractivity contribution >= 4 is 5.97 Å². The van der Waals surface area contributed by atoms with E-state index in [4.69, 9.17) is 21.1 Å². The van der Waals surface area contributed by atoms with Crippen LogP contribution in [0.5, 0.6) is 11.5 Å². The van der Waals surface area contributed by atoms with Crippen LogP contribution < -0.4 is 5.73 Å². The molecule has 0 aromatic heterocycles. The number of benzene rings is 1. The molecule has 14 heavy (non-hydrogen) atoms. The minimum absolute atomic E-state index is 0.141. The Bertz CT molecular complexity index is 353. The molecule has 0 unspecified atom stereocenters. The fraction of sp³-hybridized carbons (Fsp3) is 0.222. The molecule has 5 N–H and O–H groups in total. The third-order valence-corrected chi connectivity index (χ3v) is 1.95. The average Bonchev–Trinajstić information content (AvgIpc) is 2.01. The summed E-state index contributed by atoms with van der Waals surface area (Å²) in [7, 11) is 0. The summed E-state index contributed by atoms with van der Waals surface area (Å²) < 4.78 is 0. The first-order valence-corrected chi connectivity index (χ1v) is 3.90. The molecule has 0 bridgehead atoms. The van der Waals surface area contributed by atoms with Crippen LogP contribution in [-0.4, -0.2) is 21.3 Å².